The Bertz CT molecular complexity index is 1180. The number of hydrogen-bond acceptors (Lipinski definition) is 5. The van der Waals surface area contributed by atoms with Crippen molar-refractivity contribution in [2.24, 2.45) is 0 Å². The van der Waals surface area contributed by atoms with Crippen LogP contribution in [0, 0.1) is 35.3 Å². The third kappa shape index (κ3) is 2.48. The van der Waals surface area contributed by atoms with Gasteiger partial charge in [-0.05, 0) is 42.7 Å². The summed E-state index contributed by atoms with van der Waals surface area (Å²) in [6, 6.07) is 15.0. The number of fused-ring (bicyclic) bond motifs is 3. The number of rotatable bonds is 2. The zero-order chi connectivity index (χ0) is 20.0. The summed E-state index contributed by atoms with van der Waals surface area (Å²) in [5.74, 6) is 0.652. The number of nitrogens with two attached hydrogens (primary N) is 1. The molecule has 0 unspecified atom stereocenters. The van der Waals surface area contributed by atoms with Gasteiger partial charge in [0, 0.05) is 16.7 Å². The quantitative estimate of drug-likeness (QED) is 0.392. The van der Waals surface area contributed by atoms with Gasteiger partial charge in [-0.15, -0.1) is 0 Å². The van der Waals surface area contributed by atoms with E-state index in [0.29, 0.717) is 28.0 Å². The third-order valence-corrected chi connectivity index (χ3v) is 5.21. The molecule has 0 bridgehead atoms. The molecule has 3 aromatic carbocycles. The molecule has 0 spiro atoms. The highest BCUT2D eigenvalue weighted by molar-refractivity contribution is 5.97. The Morgan fingerprint density at radius 2 is 1.82 bits per heavy atom. The van der Waals surface area contributed by atoms with E-state index in [1.165, 1.54) is 0 Å². The molecular weight excluding hydrogens is 354 g/mol. The minimum absolute atomic E-state index is 0.115. The molecule has 4 rings (SSSR count). The fourth-order valence-electron chi connectivity index (χ4n) is 3.72. The van der Waals surface area contributed by atoms with Crippen LogP contribution in [0.2, 0.25) is 0 Å². The van der Waals surface area contributed by atoms with E-state index in [-0.39, 0.29) is 23.5 Å². The monoisotopic (exact) mass is 371 g/mol. The number of nitro groups is 1. The van der Waals surface area contributed by atoms with Crippen LogP contribution in [0.3, 0.4) is 0 Å². The van der Waals surface area contributed by atoms with Crippen molar-refractivity contribution < 1.29 is 9.66 Å². The van der Waals surface area contributed by atoms with Gasteiger partial charge in [-0.2, -0.15) is 5.26 Å². The van der Waals surface area contributed by atoms with E-state index >= 15 is 0 Å². The molecule has 6 heteroatoms. The standard InChI is InChI=1S/C22H17N3O3/c1-12-8-15-18(9-13(12)2)28-11-17-19(14-6-4-3-5-7-14)22(25(26)27)21(24)16(10-23)20(15)17/h3-9H,11,24H2,1-2H3. The van der Waals surface area contributed by atoms with E-state index in [1.807, 2.05) is 44.2 Å². The lowest BCUT2D eigenvalue weighted by atomic mass is 9.84. The Labute approximate surface area is 161 Å². The number of benzene rings is 3. The van der Waals surface area contributed by atoms with E-state index in [0.717, 1.165) is 16.7 Å². The van der Waals surface area contributed by atoms with Crippen LogP contribution in [0.25, 0.3) is 22.3 Å². The average molecular weight is 371 g/mol. The molecule has 6 nitrogen and oxygen atoms in total. The van der Waals surface area contributed by atoms with Gasteiger partial charge in [0.15, 0.2) is 0 Å². The van der Waals surface area contributed by atoms with Gasteiger partial charge in [-0.3, -0.25) is 10.1 Å². The lowest BCUT2D eigenvalue weighted by Crippen LogP contribution is -2.13. The van der Waals surface area contributed by atoms with Crippen molar-refractivity contribution in [2.45, 2.75) is 20.5 Å². The van der Waals surface area contributed by atoms with Crippen molar-refractivity contribution >= 4 is 11.4 Å². The Morgan fingerprint density at radius 3 is 2.46 bits per heavy atom. The zero-order valence-corrected chi connectivity index (χ0v) is 15.4. The number of anilines is 1. The van der Waals surface area contributed by atoms with Crippen molar-refractivity contribution in [1.82, 2.24) is 0 Å². The summed E-state index contributed by atoms with van der Waals surface area (Å²) in [6.45, 7) is 4.09. The molecule has 1 heterocycles. The van der Waals surface area contributed by atoms with Gasteiger partial charge < -0.3 is 10.5 Å². The van der Waals surface area contributed by atoms with Crippen LogP contribution in [0.1, 0.15) is 22.3 Å². The fourth-order valence-corrected chi connectivity index (χ4v) is 3.72. The number of nitro benzene ring substituents is 1. The number of nitriles is 1. The highest BCUT2D eigenvalue weighted by Crippen LogP contribution is 2.50. The molecule has 0 amide bonds. The fraction of sp³-hybridized carbons (Fsp3) is 0.136. The highest BCUT2D eigenvalue weighted by atomic mass is 16.6. The lowest BCUT2D eigenvalue weighted by molar-refractivity contribution is -0.383. The number of aryl methyl sites for hydroxylation is 2. The van der Waals surface area contributed by atoms with Gasteiger partial charge in [-0.1, -0.05) is 30.3 Å². The highest BCUT2D eigenvalue weighted by Gasteiger charge is 2.34. The second kappa shape index (κ2) is 6.39. The van der Waals surface area contributed by atoms with Crippen LogP contribution in [0.4, 0.5) is 11.4 Å². The maximum Gasteiger partial charge on any atom is 0.301 e. The summed E-state index contributed by atoms with van der Waals surface area (Å²) in [4.78, 5) is 11.4. The summed E-state index contributed by atoms with van der Waals surface area (Å²) in [6.07, 6.45) is 0. The molecule has 3 aromatic rings. The van der Waals surface area contributed by atoms with Gasteiger partial charge in [0.05, 0.1) is 16.1 Å². The minimum atomic E-state index is -0.519. The summed E-state index contributed by atoms with van der Waals surface area (Å²) in [7, 11) is 0. The number of ether oxygens (including phenoxy) is 1. The largest absolute Gasteiger partial charge is 0.488 e. The van der Waals surface area contributed by atoms with Crippen molar-refractivity contribution in [2.75, 3.05) is 5.73 Å². The van der Waals surface area contributed by atoms with Crippen LogP contribution in [-0.2, 0) is 6.61 Å². The summed E-state index contributed by atoms with van der Waals surface area (Å²) >= 11 is 0. The first kappa shape index (κ1) is 17.6. The van der Waals surface area contributed by atoms with E-state index in [1.54, 1.807) is 12.1 Å². The van der Waals surface area contributed by atoms with E-state index < -0.39 is 4.92 Å². The molecule has 0 saturated carbocycles. The molecule has 1 aliphatic heterocycles. The second-order valence-corrected chi connectivity index (χ2v) is 6.82. The normalized spacial score (nSPS) is 11.8. The van der Waals surface area contributed by atoms with E-state index in [9.17, 15) is 15.4 Å². The van der Waals surface area contributed by atoms with E-state index in [4.69, 9.17) is 10.5 Å². The molecule has 28 heavy (non-hydrogen) atoms. The number of nitrogens with zero attached hydrogens (tertiary/aromatic N) is 2. The maximum atomic E-state index is 11.9. The lowest BCUT2D eigenvalue weighted by Gasteiger charge is -2.26. The predicted molar refractivity (Wildman–Crippen MR) is 107 cm³/mol. The molecule has 0 radical (unpaired) electrons. The van der Waals surface area contributed by atoms with Crippen LogP contribution >= 0.6 is 0 Å². The average Bonchev–Trinajstić information content (AvgIpc) is 2.68. The molecule has 1 aliphatic rings. The Kier molecular flexibility index (Phi) is 4.01. The smallest absolute Gasteiger partial charge is 0.301 e. The molecule has 0 aliphatic carbocycles. The maximum absolute atomic E-state index is 11.9. The van der Waals surface area contributed by atoms with Crippen LogP contribution in [0.15, 0.2) is 42.5 Å². The predicted octanol–water partition coefficient (Wildman–Crippen LogP) is 4.89. The van der Waals surface area contributed by atoms with Crippen LogP contribution in [0.5, 0.6) is 5.75 Å². The molecular formula is C22H17N3O3. The third-order valence-electron chi connectivity index (χ3n) is 5.21. The molecule has 0 saturated heterocycles. The summed E-state index contributed by atoms with van der Waals surface area (Å²) in [5.41, 5.74) is 11.1. The Balaban J connectivity index is 2.19. The summed E-state index contributed by atoms with van der Waals surface area (Å²) in [5, 5.41) is 21.7. The molecule has 0 atom stereocenters. The van der Waals surface area contributed by atoms with Gasteiger partial charge in [0.25, 0.3) is 0 Å². The van der Waals surface area contributed by atoms with Gasteiger partial charge in [-0.25, -0.2) is 0 Å². The van der Waals surface area contributed by atoms with Crippen molar-refractivity contribution in [1.29, 1.82) is 5.26 Å². The summed E-state index contributed by atoms with van der Waals surface area (Å²) < 4.78 is 5.95. The first-order valence-corrected chi connectivity index (χ1v) is 8.76. The first-order valence-electron chi connectivity index (χ1n) is 8.76. The Morgan fingerprint density at radius 1 is 1.14 bits per heavy atom. The van der Waals surface area contributed by atoms with Crippen LogP contribution < -0.4 is 10.5 Å². The number of hydrogen-bond donors (Lipinski definition) is 1. The van der Waals surface area contributed by atoms with Gasteiger partial charge >= 0.3 is 5.69 Å². The molecule has 0 fully saturated rings. The minimum Gasteiger partial charge on any atom is -0.488 e. The van der Waals surface area contributed by atoms with Crippen molar-refractivity contribution in [3.63, 3.8) is 0 Å². The molecule has 138 valence electrons. The van der Waals surface area contributed by atoms with Crippen molar-refractivity contribution in [3.05, 3.63) is 74.8 Å². The molecule has 2 N–H and O–H groups in total. The van der Waals surface area contributed by atoms with Gasteiger partial charge in [0.2, 0.25) is 0 Å². The van der Waals surface area contributed by atoms with E-state index in [2.05, 4.69) is 6.07 Å². The first-order chi connectivity index (χ1) is 13.4. The van der Waals surface area contributed by atoms with Gasteiger partial charge in [0.1, 0.15) is 24.1 Å². The Hall–Kier alpha value is -3.85. The SMILES string of the molecule is Cc1cc2c(cc1C)-c1c(C#N)c(N)c([N+](=O)[O-])c(-c3ccccc3)c1CO2. The second-order valence-electron chi connectivity index (χ2n) is 6.82. The zero-order valence-electron chi connectivity index (χ0n) is 15.4. The molecule has 0 aromatic heterocycles. The topological polar surface area (TPSA) is 102 Å². The number of nitrogen functional groups attached to an aromatic ring is 1. The van der Waals surface area contributed by atoms with Crippen LogP contribution in [-0.4, -0.2) is 4.92 Å². The van der Waals surface area contributed by atoms with Crippen molar-refractivity contribution in [3.8, 4) is 34.1 Å².